The zero-order valence-electron chi connectivity index (χ0n) is 9.62. The maximum Gasteiger partial charge on any atom is 0.159 e. The summed E-state index contributed by atoms with van der Waals surface area (Å²) in [6, 6.07) is 7.90. The molecule has 0 bridgehead atoms. The molecule has 0 heterocycles. The van der Waals surface area contributed by atoms with Gasteiger partial charge in [0, 0.05) is 15.7 Å². The van der Waals surface area contributed by atoms with E-state index in [0.717, 1.165) is 5.56 Å². The van der Waals surface area contributed by atoms with Gasteiger partial charge in [0.05, 0.1) is 0 Å². The minimum Gasteiger partial charge on any atom is -0.295 e. The molecule has 0 radical (unpaired) electrons. The van der Waals surface area contributed by atoms with Gasteiger partial charge in [0.25, 0.3) is 0 Å². The summed E-state index contributed by atoms with van der Waals surface area (Å²) in [7, 11) is 0. The third-order valence-electron chi connectivity index (χ3n) is 2.47. The van der Waals surface area contributed by atoms with Gasteiger partial charge in [-0.15, -0.1) is 11.8 Å². The lowest BCUT2D eigenvalue weighted by Gasteiger charge is -2.11. The average Bonchev–Trinajstić information content (AvgIpc) is 2.26. The average molecular weight is 222 g/mol. The fourth-order valence-corrected chi connectivity index (χ4v) is 2.43. The van der Waals surface area contributed by atoms with E-state index in [1.54, 1.807) is 6.92 Å². The van der Waals surface area contributed by atoms with Crippen molar-refractivity contribution in [3.05, 3.63) is 29.8 Å². The number of carbonyl (C=O) groups is 1. The molecule has 0 saturated carbocycles. The molecular formula is C13H18OS. The predicted molar refractivity (Wildman–Crippen MR) is 66.7 cm³/mol. The minimum atomic E-state index is 0.133. The highest BCUT2D eigenvalue weighted by atomic mass is 32.2. The fourth-order valence-electron chi connectivity index (χ4n) is 1.42. The van der Waals surface area contributed by atoms with E-state index in [0.29, 0.717) is 5.25 Å². The minimum absolute atomic E-state index is 0.133. The zero-order valence-corrected chi connectivity index (χ0v) is 10.4. The van der Waals surface area contributed by atoms with Crippen molar-refractivity contribution in [2.75, 3.05) is 0 Å². The third kappa shape index (κ3) is 3.71. The molecule has 0 spiro atoms. The number of ketones is 1. The summed E-state index contributed by atoms with van der Waals surface area (Å²) in [5.74, 6) is 0.133. The molecule has 1 aromatic carbocycles. The van der Waals surface area contributed by atoms with Gasteiger partial charge in [-0.25, -0.2) is 0 Å². The lowest BCUT2D eigenvalue weighted by Crippen LogP contribution is -1.97. The maximum atomic E-state index is 11.1. The monoisotopic (exact) mass is 222 g/mol. The van der Waals surface area contributed by atoms with Crippen molar-refractivity contribution in [3.8, 4) is 0 Å². The van der Waals surface area contributed by atoms with Crippen LogP contribution in [0.2, 0.25) is 0 Å². The highest BCUT2D eigenvalue weighted by Crippen LogP contribution is 2.27. The van der Waals surface area contributed by atoms with Crippen LogP contribution in [0.3, 0.4) is 0 Å². The Balaban J connectivity index is 2.67. The summed E-state index contributed by atoms with van der Waals surface area (Å²) in [6.07, 6.45) is 2.38. The number of Topliss-reactive ketones (excluding diaryl/α,β-unsaturated/α-hetero) is 1. The zero-order chi connectivity index (χ0) is 11.3. The van der Waals surface area contributed by atoms with Crippen LogP contribution in [0.4, 0.5) is 0 Å². The largest absolute Gasteiger partial charge is 0.295 e. The van der Waals surface area contributed by atoms with Gasteiger partial charge < -0.3 is 0 Å². The van der Waals surface area contributed by atoms with E-state index in [4.69, 9.17) is 0 Å². The summed E-state index contributed by atoms with van der Waals surface area (Å²) in [5.41, 5.74) is 0.795. The van der Waals surface area contributed by atoms with Crippen molar-refractivity contribution in [3.63, 3.8) is 0 Å². The van der Waals surface area contributed by atoms with Crippen LogP contribution in [-0.4, -0.2) is 11.0 Å². The second kappa shape index (κ2) is 5.96. The van der Waals surface area contributed by atoms with Gasteiger partial charge in [-0.3, -0.25) is 4.79 Å². The molecule has 0 atom stereocenters. The van der Waals surface area contributed by atoms with Gasteiger partial charge in [-0.1, -0.05) is 26.0 Å². The van der Waals surface area contributed by atoms with Gasteiger partial charge in [0.2, 0.25) is 0 Å². The molecule has 0 amide bonds. The van der Waals surface area contributed by atoms with Crippen LogP contribution >= 0.6 is 11.8 Å². The van der Waals surface area contributed by atoms with E-state index in [1.807, 2.05) is 36.0 Å². The highest BCUT2D eigenvalue weighted by molar-refractivity contribution is 8.00. The molecule has 0 aliphatic heterocycles. The molecule has 0 aromatic heterocycles. The van der Waals surface area contributed by atoms with Gasteiger partial charge in [0.1, 0.15) is 0 Å². The molecule has 1 aromatic rings. The number of hydrogen-bond donors (Lipinski definition) is 0. The molecular weight excluding hydrogens is 204 g/mol. The van der Waals surface area contributed by atoms with E-state index in [2.05, 4.69) is 13.8 Å². The number of benzene rings is 1. The van der Waals surface area contributed by atoms with E-state index < -0.39 is 0 Å². The molecule has 15 heavy (non-hydrogen) atoms. The van der Waals surface area contributed by atoms with E-state index in [9.17, 15) is 4.79 Å². The first kappa shape index (κ1) is 12.3. The quantitative estimate of drug-likeness (QED) is 0.549. The first-order valence-corrected chi connectivity index (χ1v) is 6.33. The van der Waals surface area contributed by atoms with Crippen LogP contribution in [0, 0.1) is 0 Å². The second-order valence-corrected chi connectivity index (χ2v) is 5.01. The SMILES string of the molecule is CCC(CC)Sc1ccc(C(C)=O)cc1. The van der Waals surface area contributed by atoms with E-state index >= 15 is 0 Å². The van der Waals surface area contributed by atoms with Crippen LogP contribution in [0.5, 0.6) is 0 Å². The Labute approximate surface area is 96.3 Å². The molecule has 1 rings (SSSR count). The lowest BCUT2D eigenvalue weighted by atomic mass is 10.2. The third-order valence-corrected chi connectivity index (χ3v) is 4.02. The summed E-state index contributed by atoms with van der Waals surface area (Å²) >= 11 is 1.90. The summed E-state index contributed by atoms with van der Waals surface area (Å²) < 4.78 is 0. The summed E-state index contributed by atoms with van der Waals surface area (Å²) in [4.78, 5) is 12.3. The van der Waals surface area contributed by atoms with Crippen molar-refractivity contribution in [1.82, 2.24) is 0 Å². The molecule has 0 fully saturated rings. The van der Waals surface area contributed by atoms with Crippen LogP contribution in [0.1, 0.15) is 44.0 Å². The Kier molecular flexibility index (Phi) is 4.89. The van der Waals surface area contributed by atoms with Gasteiger partial charge in [-0.2, -0.15) is 0 Å². The number of thioether (sulfide) groups is 1. The molecule has 0 unspecified atom stereocenters. The molecule has 82 valence electrons. The molecule has 2 heteroatoms. The summed E-state index contributed by atoms with van der Waals surface area (Å²) in [6.45, 7) is 6.03. The second-order valence-electron chi connectivity index (χ2n) is 3.64. The van der Waals surface area contributed by atoms with Crippen molar-refractivity contribution >= 4 is 17.5 Å². The van der Waals surface area contributed by atoms with Gasteiger partial charge in [0.15, 0.2) is 5.78 Å². The van der Waals surface area contributed by atoms with Crippen LogP contribution < -0.4 is 0 Å². The Morgan fingerprint density at radius 3 is 2.13 bits per heavy atom. The van der Waals surface area contributed by atoms with E-state index in [-0.39, 0.29) is 5.78 Å². The normalized spacial score (nSPS) is 10.7. The number of carbonyl (C=O) groups excluding carboxylic acids is 1. The highest BCUT2D eigenvalue weighted by Gasteiger charge is 2.05. The topological polar surface area (TPSA) is 17.1 Å². The molecule has 0 saturated heterocycles. The van der Waals surface area contributed by atoms with Crippen LogP contribution in [0.25, 0.3) is 0 Å². The van der Waals surface area contributed by atoms with Crippen molar-refractivity contribution in [2.24, 2.45) is 0 Å². The van der Waals surface area contributed by atoms with Gasteiger partial charge in [-0.05, 0) is 31.9 Å². The molecule has 0 aliphatic rings. The fraction of sp³-hybridized carbons (Fsp3) is 0.462. The van der Waals surface area contributed by atoms with Crippen molar-refractivity contribution in [1.29, 1.82) is 0 Å². The number of hydrogen-bond acceptors (Lipinski definition) is 2. The predicted octanol–water partition coefficient (Wildman–Crippen LogP) is 4.17. The Morgan fingerprint density at radius 1 is 1.20 bits per heavy atom. The standard InChI is InChI=1S/C13H18OS/c1-4-12(5-2)15-13-8-6-11(7-9-13)10(3)14/h6-9,12H,4-5H2,1-3H3. The lowest BCUT2D eigenvalue weighted by molar-refractivity contribution is 0.101. The van der Waals surface area contributed by atoms with Crippen molar-refractivity contribution < 1.29 is 4.79 Å². The summed E-state index contributed by atoms with van der Waals surface area (Å²) in [5, 5.41) is 0.688. The maximum absolute atomic E-state index is 11.1. The van der Waals surface area contributed by atoms with Crippen LogP contribution in [0.15, 0.2) is 29.2 Å². The van der Waals surface area contributed by atoms with Crippen LogP contribution in [-0.2, 0) is 0 Å². The van der Waals surface area contributed by atoms with Crippen molar-refractivity contribution in [2.45, 2.75) is 43.8 Å². The Bertz CT molecular complexity index is 312. The van der Waals surface area contributed by atoms with E-state index in [1.165, 1.54) is 17.7 Å². The molecule has 0 aliphatic carbocycles. The molecule has 1 nitrogen and oxygen atoms in total. The van der Waals surface area contributed by atoms with Gasteiger partial charge >= 0.3 is 0 Å². The number of rotatable bonds is 5. The Hall–Kier alpha value is -0.760. The molecule has 0 N–H and O–H groups in total. The first-order chi connectivity index (χ1) is 7.17. The Morgan fingerprint density at radius 2 is 1.73 bits per heavy atom. The first-order valence-electron chi connectivity index (χ1n) is 5.45. The smallest absolute Gasteiger partial charge is 0.159 e.